The van der Waals surface area contributed by atoms with E-state index >= 15 is 0 Å². The van der Waals surface area contributed by atoms with Crippen LogP contribution in [0.15, 0.2) is 57.7 Å². The van der Waals surface area contributed by atoms with Crippen molar-refractivity contribution in [3.05, 3.63) is 64.3 Å². The fourth-order valence-electron chi connectivity index (χ4n) is 5.34. The molecular weight excluding hydrogens is 652 g/mol. The minimum absolute atomic E-state index is 0.00594. The van der Waals surface area contributed by atoms with Gasteiger partial charge >= 0.3 is 0 Å². The van der Waals surface area contributed by atoms with Crippen LogP contribution >= 0.6 is 0 Å². The number of hydrogen-bond donors (Lipinski definition) is 8. The first-order chi connectivity index (χ1) is 23.4. The van der Waals surface area contributed by atoms with Gasteiger partial charge in [-0.15, -0.1) is 0 Å². The maximum atomic E-state index is 13.2. The van der Waals surface area contributed by atoms with Crippen molar-refractivity contribution >= 4 is 11.0 Å². The molecule has 1 aliphatic rings. The van der Waals surface area contributed by atoms with Crippen molar-refractivity contribution < 1.29 is 73.7 Å². The van der Waals surface area contributed by atoms with Gasteiger partial charge in [0.2, 0.25) is 12.0 Å². The summed E-state index contributed by atoms with van der Waals surface area (Å²) in [6.45, 7) is -1.33. The molecule has 1 aromatic heterocycles. The summed E-state index contributed by atoms with van der Waals surface area (Å²) in [5.41, 5.74) is -0.254. The molecule has 0 bridgehead atoms. The van der Waals surface area contributed by atoms with E-state index in [1.54, 1.807) is 0 Å². The monoisotopic (exact) mass is 688 g/mol. The highest BCUT2D eigenvalue weighted by molar-refractivity contribution is 5.86. The van der Waals surface area contributed by atoms with Crippen LogP contribution in [0.1, 0.15) is 11.7 Å². The Morgan fingerprint density at radius 3 is 2.10 bits per heavy atom. The van der Waals surface area contributed by atoms with Crippen molar-refractivity contribution in [2.75, 3.05) is 34.5 Å². The number of fused-ring (bicyclic) bond motifs is 1. The van der Waals surface area contributed by atoms with Gasteiger partial charge in [-0.3, -0.25) is 4.79 Å². The zero-order valence-electron chi connectivity index (χ0n) is 26.4. The molecule has 0 radical (unpaired) electrons. The molecule has 8 N–H and O–H groups in total. The van der Waals surface area contributed by atoms with Crippen LogP contribution in [0, 0.1) is 0 Å². The van der Waals surface area contributed by atoms with E-state index in [2.05, 4.69) is 0 Å². The van der Waals surface area contributed by atoms with Crippen LogP contribution < -0.4 is 29.1 Å². The number of aliphatic hydroxyl groups excluding tert-OH is 6. The fraction of sp³-hybridized carbons (Fsp3) is 0.364. The second kappa shape index (κ2) is 14.8. The number of aliphatic hydroxyl groups is 6. The van der Waals surface area contributed by atoms with Crippen LogP contribution in [-0.2, 0) is 4.74 Å². The Morgan fingerprint density at radius 2 is 1.49 bits per heavy atom. The van der Waals surface area contributed by atoms with Crippen LogP contribution in [0.4, 0.5) is 0 Å². The number of phenols is 2. The molecule has 0 spiro atoms. The summed E-state index contributed by atoms with van der Waals surface area (Å²) in [5.74, 6) is -0.613. The second-order valence-corrected chi connectivity index (χ2v) is 11.0. The number of ether oxygens (including phenoxy) is 6. The SMILES string of the molecule is COc1cc(C(O)C(CO)Oc2c(OC)cc(-c3cc(=O)c4c(O)cc(OC5OC(CO)C(O)C(O)C5O)cc4o3)cc2OC)ccc1O. The molecule has 7 atom stereocenters. The zero-order chi connectivity index (χ0) is 35.6. The number of benzene rings is 3. The lowest BCUT2D eigenvalue weighted by Gasteiger charge is -2.39. The predicted molar refractivity (Wildman–Crippen MR) is 168 cm³/mol. The Balaban J connectivity index is 1.48. The molecule has 16 heteroatoms. The maximum Gasteiger partial charge on any atom is 0.229 e. The van der Waals surface area contributed by atoms with Gasteiger partial charge < -0.3 is 73.7 Å². The summed E-state index contributed by atoms with van der Waals surface area (Å²) in [4.78, 5) is 13.2. The van der Waals surface area contributed by atoms with E-state index in [1.165, 1.54) is 57.7 Å². The van der Waals surface area contributed by atoms with E-state index in [-0.39, 0.29) is 62.4 Å². The van der Waals surface area contributed by atoms with Crippen molar-refractivity contribution in [2.45, 2.75) is 42.9 Å². The molecule has 5 rings (SSSR count). The zero-order valence-corrected chi connectivity index (χ0v) is 26.4. The Labute approximate surface area is 278 Å². The first kappa shape index (κ1) is 35.5. The summed E-state index contributed by atoms with van der Waals surface area (Å²) in [5, 5.41) is 81.5. The first-order valence-electron chi connectivity index (χ1n) is 14.8. The third kappa shape index (κ3) is 7.02. The number of phenolic OH excluding ortho intramolecular Hbond substituents is 2. The van der Waals surface area contributed by atoms with Crippen molar-refractivity contribution in [3.8, 4) is 51.6 Å². The maximum absolute atomic E-state index is 13.2. The normalized spacial score (nSPS) is 21.9. The predicted octanol–water partition coefficient (Wildman–Crippen LogP) is 0.549. The molecular formula is C33H36O16. The Morgan fingerprint density at radius 1 is 0.816 bits per heavy atom. The quantitative estimate of drug-likeness (QED) is 0.101. The van der Waals surface area contributed by atoms with Gasteiger partial charge in [0.1, 0.15) is 58.7 Å². The average Bonchev–Trinajstić information content (AvgIpc) is 3.10. The summed E-state index contributed by atoms with van der Waals surface area (Å²) < 4.78 is 39.1. The molecule has 2 heterocycles. The van der Waals surface area contributed by atoms with Crippen LogP contribution in [0.5, 0.6) is 40.2 Å². The van der Waals surface area contributed by atoms with Crippen molar-refractivity contribution in [1.82, 2.24) is 0 Å². The van der Waals surface area contributed by atoms with Crippen molar-refractivity contribution in [3.63, 3.8) is 0 Å². The van der Waals surface area contributed by atoms with E-state index in [1.807, 2.05) is 0 Å². The molecule has 7 unspecified atom stereocenters. The molecule has 1 aliphatic heterocycles. The fourth-order valence-corrected chi connectivity index (χ4v) is 5.34. The van der Waals surface area contributed by atoms with Crippen LogP contribution in [-0.4, -0.2) is 112 Å². The van der Waals surface area contributed by atoms with Crippen LogP contribution in [0.25, 0.3) is 22.3 Å². The van der Waals surface area contributed by atoms with Crippen molar-refractivity contribution in [2.24, 2.45) is 0 Å². The second-order valence-electron chi connectivity index (χ2n) is 11.0. The number of aromatic hydroxyl groups is 2. The van der Waals surface area contributed by atoms with Crippen LogP contribution in [0.3, 0.4) is 0 Å². The highest BCUT2D eigenvalue weighted by atomic mass is 16.7. The molecule has 264 valence electrons. The lowest BCUT2D eigenvalue weighted by Crippen LogP contribution is -2.60. The summed E-state index contributed by atoms with van der Waals surface area (Å²) >= 11 is 0. The van der Waals surface area contributed by atoms with Gasteiger partial charge in [0.15, 0.2) is 34.5 Å². The topological polar surface area (TPSA) is 247 Å². The Hall–Kier alpha value is -4.81. The van der Waals surface area contributed by atoms with E-state index in [0.29, 0.717) is 0 Å². The standard InChI is InChI=1S/C33H36O16/c1-43-21-6-14(4-5-17(21)36)28(39)25(12-34)48-32-23(44-2)7-15(8-24(32)45-3)20-11-19(38)27-18(37)9-16(10-22(27)47-20)46-33-31(42)30(41)29(40)26(13-35)49-33/h4-11,25-26,28-31,33-37,39-42H,12-13H2,1-3H3. The van der Waals surface area contributed by atoms with E-state index in [9.17, 15) is 45.6 Å². The molecule has 49 heavy (non-hydrogen) atoms. The van der Waals surface area contributed by atoms with E-state index in [0.717, 1.165) is 12.1 Å². The van der Waals surface area contributed by atoms with Crippen molar-refractivity contribution in [1.29, 1.82) is 0 Å². The van der Waals surface area contributed by atoms with Gasteiger partial charge in [-0.25, -0.2) is 0 Å². The third-order valence-electron chi connectivity index (χ3n) is 7.98. The molecule has 3 aromatic carbocycles. The minimum Gasteiger partial charge on any atom is -0.507 e. The smallest absolute Gasteiger partial charge is 0.229 e. The van der Waals surface area contributed by atoms with Gasteiger partial charge in [-0.05, 0) is 29.8 Å². The number of methoxy groups -OCH3 is 3. The first-order valence-corrected chi connectivity index (χ1v) is 14.8. The highest BCUT2D eigenvalue weighted by Gasteiger charge is 2.44. The van der Waals surface area contributed by atoms with Gasteiger partial charge in [0.25, 0.3) is 0 Å². The minimum atomic E-state index is -1.73. The molecule has 0 aliphatic carbocycles. The molecule has 0 amide bonds. The summed E-state index contributed by atoms with van der Waals surface area (Å²) in [7, 11) is 4.01. The summed E-state index contributed by atoms with van der Waals surface area (Å²) in [6.07, 6.45) is -10.5. The lowest BCUT2D eigenvalue weighted by molar-refractivity contribution is -0.277. The lowest BCUT2D eigenvalue weighted by atomic mass is 9.99. The Bertz CT molecular complexity index is 1810. The van der Waals surface area contributed by atoms with Gasteiger partial charge in [0.05, 0.1) is 34.5 Å². The van der Waals surface area contributed by atoms with Gasteiger partial charge in [-0.1, -0.05) is 6.07 Å². The Kier molecular flexibility index (Phi) is 10.7. The molecule has 4 aromatic rings. The van der Waals surface area contributed by atoms with Gasteiger partial charge in [0, 0.05) is 23.8 Å². The molecule has 0 saturated carbocycles. The van der Waals surface area contributed by atoms with E-state index in [4.69, 9.17) is 32.8 Å². The largest absolute Gasteiger partial charge is 0.507 e. The molecule has 16 nitrogen and oxygen atoms in total. The number of rotatable bonds is 12. The highest BCUT2D eigenvalue weighted by Crippen LogP contribution is 2.44. The molecule has 1 fully saturated rings. The van der Waals surface area contributed by atoms with Crippen LogP contribution in [0.2, 0.25) is 0 Å². The van der Waals surface area contributed by atoms with E-state index < -0.39 is 67.3 Å². The van der Waals surface area contributed by atoms with Gasteiger partial charge in [-0.2, -0.15) is 0 Å². The third-order valence-corrected chi connectivity index (χ3v) is 7.98. The number of hydrogen-bond acceptors (Lipinski definition) is 16. The molecule has 1 saturated heterocycles. The summed E-state index contributed by atoms with van der Waals surface area (Å²) in [6, 6.07) is 10.5. The average molecular weight is 689 g/mol.